The molecule has 2 amide bonds. The van der Waals surface area contributed by atoms with E-state index in [1.54, 1.807) is 6.20 Å². The average molecular weight is 386 g/mol. The second-order valence-electron chi connectivity index (χ2n) is 7.33. The van der Waals surface area contributed by atoms with Crippen LogP contribution in [0.4, 0.5) is 10.5 Å². The molecule has 7 nitrogen and oxygen atoms in total. The van der Waals surface area contributed by atoms with Crippen LogP contribution in [-0.4, -0.2) is 37.6 Å². The van der Waals surface area contributed by atoms with Gasteiger partial charge in [-0.1, -0.05) is 24.3 Å². The number of H-pyrrole nitrogens is 2. The molecule has 1 saturated heterocycles. The molecule has 4 aromatic rings. The zero-order chi connectivity index (χ0) is 19.6. The number of likely N-dealkylation sites (tertiary alicyclic amines) is 1. The smallest absolute Gasteiger partial charge is 0.322 e. The molecule has 0 saturated carbocycles. The number of hydrogen-bond donors (Lipinski definition) is 3. The van der Waals surface area contributed by atoms with Crippen molar-refractivity contribution in [1.82, 2.24) is 25.1 Å². The van der Waals surface area contributed by atoms with E-state index in [-0.39, 0.29) is 12.1 Å². The largest absolute Gasteiger partial charge is 0.340 e. The van der Waals surface area contributed by atoms with E-state index in [1.807, 2.05) is 59.5 Å². The lowest BCUT2D eigenvalue weighted by Gasteiger charge is -2.34. The predicted octanol–water partition coefficient (Wildman–Crippen LogP) is 4.71. The Labute approximate surface area is 168 Å². The van der Waals surface area contributed by atoms with Crippen LogP contribution in [0.2, 0.25) is 0 Å². The normalized spacial score (nSPS) is 16.8. The van der Waals surface area contributed by atoms with Crippen molar-refractivity contribution in [3.05, 3.63) is 66.6 Å². The van der Waals surface area contributed by atoms with Crippen LogP contribution in [-0.2, 0) is 0 Å². The summed E-state index contributed by atoms with van der Waals surface area (Å²) in [4.78, 5) is 23.1. The third-order valence-electron chi connectivity index (χ3n) is 5.41. The van der Waals surface area contributed by atoms with Crippen LogP contribution in [0.3, 0.4) is 0 Å². The van der Waals surface area contributed by atoms with Crippen molar-refractivity contribution in [2.75, 3.05) is 11.9 Å². The van der Waals surface area contributed by atoms with Crippen molar-refractivity contribution in [2.24, 2.45) is 0 Å². The molecule has 3 heterocycles. The Morgan fingerprint density at radius 1 is 1.10 bits per heavy atom. The first kappa shape index (κ1) is 17.5. The van der Waals surface area contributed by atoms with Crippen LogP contribution in [0.15, 0.2) is 60.8 Å². The number of carbonyl (C=O) groups is 1. The Hall–Kier alpha value is -3.61. The van der Waals surface area contributed by atoms with Gasteiger partial charge in [-0.2, -0.15) is 5.10 Å². The van der Waals surface area contributed by atoms with E-state index in [4.69, 9.17) is 4.98 Å². The zero-order valence-electron chi connectivity index (χ0n) is 15.9. The fourth-order valence-corrected chi connectivity index (χ4v) is 3.97. The van der Waals surface area contributed by atoms with Gasteiger partial charge < -0.3 is 15.2 Å². The maximum absolute atomic E-state index is 13.1. The number of hydrogen-bond acceptors (Lipinski definition) is 3. The van der Waals surface area contributed by atoms with Crippen LogP contribution in [0, 0.1) is 0 Å². The zero-order valence-corrected chi connectivity index (χ0v) is 15.9. The highest BCUT2D eigenvalue weighted by molar-refractivity contribution is 5.90. The first-order valence-electron chi connectivity index (χ1n) is 9.90. The Morgan fingerprint density at radius 3 is 2.90 bits per heavy atom. The van der Waals surface area contributed by atoms with Crippen molar-refractivity contribution < 1.29 is 4.79 Å². The lowest BCUT2D eigenvalue weighted by Crippen LogP contribution is -2.41. The molecular formula is C22H22N6O. The molecule has 0 aliphatic carbocycles. The number of urea groups is 1. The van der Waals surface area contributed by atoms with Gasteiger partial charge in [-0.05, 0) is 49.6 Å². The molecule has 1 unspecified atom stereocenters. The van der Waals surface area contributed by atoms with Crippen molar-refractivity contribution >= 4 is 22.8 Å². The summed E-state index contributed by atoms with van der Waals surface area (Å²) in [5, 5.41) is 10.0. The standard InChI is InChI=1S/C22H22N6O/c29-22(24-16-7-5-6-15(14-16)17-11-12-23-27-17)28-13-4-3-10-20(28)21-25-18-8-1-2-9-19(18)26-21/h1-2,5-9,11-12,14,20H,3-4,10,13H2,(H,23,27)(H,24,29)(H,25,26). The molecule has 0 spiro atoms. The molecule has 1 aliphatic rings. The lowest BCUT2D eigenvalue weighted by molar-refractivity contribution is 0.160. The van der Waals surface area contributed by atoms with E-state index < -0.39 is 0 Å². The van der Waals surface area contributed by atoms with E-state index in [9.17, 15) is 4.79 Å². The van der Waals surface area contributed by atoms with Gasteiger partial charge in [-0.25, -0.2) is 9.78 Å². The van der Waals surface area contributed by atoms with Crippen molar-refractivity contribution in [2.45, 2.75) is 25.3 Å². The van der Waals surface area contributed by atoms with Crippen LogP contribution in [0.1, 0.15) is 31.1 Å². The average Bonchev–Trinajstić information content (AvgIpc) is 3.44. The molecule has 2 aromatic carbocycles. The molecule has 0 radical (unpaired) electrons. The van der Waals surface area contributed by atoms with Crippen LogP contribution in [0.5, 0.6) is 0 Å². The number of imidazole rings is 1. The summed E-state index contributed by atoms with van der Waals surface area (Å²) < 4.78 is 0. The maximum atomic E-state index is 13.1. The van der Waals surface area contributed by atoms with Gasteiger partial charge in [0.25, 0.3) is 0 Å². The van der Waals surface area contributed by atoms with Crippen molar-refractivity contribution in [3.63, 3.8) is 0 Å². The van der Waals surface area contributed by atoms with Gasteiger partial charge in [-0.3, -0.25) is 5.10 Å². The highest BCUT2D eigenvalue weighted by Gasteiger charge is 2.30. The quantitative estimate of drug-likeness (QED) is 0.476. The number of anilines is 1. The topological polar surface area (TPSA) is 89.7 Å². The van der Waals surface area contributed by atoms with Crippen molar-refractivity contribution in [3.8, 4) is 11.3 Å². The minimum Gasteiger partial charge on any atom is -0.340 e. The molecule has 1 atom stereocenters. The summed E-state index contributed by atoms with van der Waals surface area (Å²) in [5.74, 6) is 0.854. The highest BCUT2D eigenvalue weighted by atomic mass is 16.2. The molecule has 1 fully saturated rings. The number of amides is 2. The Balaban J connectivity index is 1.38. The molecule has 146 valence electrons. The molecular weight excluding hydrogens is 364 g/mol. The minimum atomic E-state index is -0.100. The summed E-state index contributed by atoms with van der Waals surface area (Å²) >= 11 is 0. The van der Waals surface area contributed by atoms with Gasteiger partial charge in [-0.15, -0.1) is 0 Å². The summed E-state index contributed by atoms with van der Waals surface area (Å²) in [6.45, 7) is 0.716. The fraction of sp³-hybridized carbons (Fsp3) is 0.227. The number of benzene rings is 2. The monoisotopic (exact) mass is 386 g/mol. The summed E-state index contributed by atoms with van der Waals surface area (Å²) in [6, 6.07) is 17.5. The molecule has 5 rings (SSSR count). The number of para-hydroxylation sites is 2. The predicted molar refractivity (Wildman–Crippen MR) is 112 cm³/mol. The molecule has 0 bridgehead atoms. The Kier molecular flexibility index (Phi) is 4.48. The van der Waals surface area contributed by atoms with Crippen LogP contribution in [0.25, 0.3) is 22.3 Å². The van der Waals surface area contributed by atoms with Gasteiger partial charge in [0.1, 0.15) is 5.82 Å². The third-order valence-corrected chi connectivity index (χ3v) is 5.41. The number of aromatic amines is 2. The van der Waals surface area contributed by atoms with E-state index in [2.05, 4.69) is 20.5 Å². The molecule has 2 aromatic heterocycles. The van der Waals surface area contributed by atoms with Gasteiger partial charge >= 0.3 is 6.03 Å². The second-order valence-corrected chi connectivity index (χ2v) is 7.33. The third kappa shape index (κ3) is 3.47. The molecule has 3 N–H and O–H groups in total. The number of aromatic nitrogens is 4. The van der Waals surface area contributed by atoms with Crippen molar-refractivity contribution in [1.29, 1.82) is 0 Å². The fourth-order valence-electron chi connectivity index (χ4n) is 3.97. The molecule has 29 heavy (non-hydrogen) atoms. The van der Waals surface area contributed by atoms with Gasteiger partial charge in [0.15, 0.2) is 0 Å². The minimum absolute atomic E-state index is 0.0491. The summed E-state index contributed by atoms with van der Waals surface area (Å²) in [6.07, 6.45) is 4.70. The summed E-state index contributed by atoms with van der Waals surface area (Å²) in [7, 11) is 0. The van der Waals surface area contributed by atoms with Crippen LogP contribution < -0.4 is 5.32 Å². The van der Waals surface area contributed by atoms with E-state index in [1.165, 1.54) is 0 Å². The van der Waals surface area contributed by atoms with Crippen LogP contribution >= 0.6 is 0 Å². The van der Waals surface area contributed by atoms with E-state index in [0.29, 0.717) is 6.54 Å². The number of nitrogens with one attached hydrogen (secondary N) is 3. The van der Waals surface area contributed by atoms with Gasteiger partial charge in [0, 0.05) is 24.0 Å². The van der Waals surface area contributed by atoms with E-state index >= 15 is 0 Å². The lowest BCUT2D eigenvalue weighted by atomic mass is 10.0. The SMILES string of the molecule is O=C(Nc1cccc(-c2ccn[nH]2)c1)N1CCCCC1c1nc2ccccc2[nH]1. The highest BCUT2D eigenvalue weighted by Crippen LogP contribution is 2.31. The number of nitrogens with zero attached hydrogens (tertiary/aromatic N) is 3. The Morgan fingerprint density at radius 2 is 2.03 bits per heavy atom. The molecule has 1 aliphatic heterocycles. The first-order valence-corrected chi connectivity index (χ1v) is 9.90. The number of piperidine rings is 1. The Bertz CT molecular complexity index is 1100. The van der Waals surface area contributed by atoms with Gasteiger partial charge in [0.2, 0.25) is 0 Å². The number of rotatable bonds is 3. The first-order chi connectivity index (χ1) is 14.3. The second kappa shape index (κ2) is 7.43. The van der Waals surface area contributed by atoms with Gasteiger partial charge in [0.05, 0.1) is 22.8 Å². The number of fused-ring (bicyclic) bond motifs is 1. The van der Waals surface area contributed by atoms with E-state index in [0.717, 1.165) is 53.1 Å². The molecule has 7 heteroatoms. The number of carbonyl (C=O) groups excluding carboxylic acids is 1. The maximum Gasteiger partial charge on any atom is 0.322 e. The summed E-state index contributed by atoms with van der Waals surface area (Å²) in [5.41, 5.74) is 4.59.